The van der Waals surface area contributed by atoms with Crippen molar-refractivity contribution in [3.05, 3.63) is 59.2 Å². The van der Waals surface area contributed by atoms with Gasteiger partial charge in [0.15, 0.2) is 0 Å². The van der Waals surface area contributed by atoms with E-state index in [1.165, 1.54) is 5.56 Å². The van der Waals surface area contributed by atoms with Crippen molar-refractivity contribution in [2.75, 3.05) is 14.2 Å². The van der Waals surface area contributed by atoms with Gasteiger partial charge >= 0.3 is 0 Å². The molecule has 0 heterocycles. The molecule has 0 aliphatic rings. The summed E-state index contributed by atoms with van der Waals surface area (Å²) in [5.41, 5.74) is 2.74. The van der Waals surface area contributed by atoms with E-state index in [4.69, 9.17) is 9.47 Å². The molecule has 1 unspecified atom stereocenters. The summed E-state index contributed by atoms with van der Waals surface area (Å²) in [6.07, 6.45) is 1.31. The maximum Gasteiger partial charge on any atom is 0.128 e. The summed E-state index contributed by atoms with van der Waals surface area (Å²) in [6, 6.07) is 13.5. The van der Waals surface area contributed by atoms with Gasteiger partial charge in [-0.2, -0.15) is 0 Å². The smallest absolute Gasteiger partial charge is 0.128 e. The van der Waals surface area contributed by atoms with Crippen molar-refractivity contribution in [1.29, 1.82) is 0 Å². The Morgan fingerprint density at radius 2 is 1.62 bits per heavy atom. The molecule has 112 valence electrons. The van der Waals surface area contributed by atoms with E-state index in [9.17, 15) is 5.11 Å². The monoisotopic (exact) mass is 286 g/mol. The number of aliphatic hydroxyl groups is 1. The Bertz CT molecular complexity index is 571. The summed E-state index contributed by atoms with van der Waals surface area (Å²) in [7, 11) is 3.19. The molecule has 0 spiro atoms. The lowest BCUT2D eigenvalue weighted by atomic mass is 9.97. The van der Waals surface area contributed by atoms with Crippen LogP contribution in [-0.2, 0) is 6.42 Å². The van der Waals surface area contributed by atoms with Gasteiger partial charge < -0.3 is 14.6 Å². The Labute approximate surface area is 126 Å². The molecule has 2 aromatic rings. The molecular formula is C18H22O3. The quantitative estimate of drug-likeness (QED) is 0.879. The third-order valence-corrected chi connectivity index (χ3v) is 3.54. The molecule has 2 aromatic carbocycles. The van der Waals surface area contributed by atoms with Gasteiger partial charge in [0.25, 0.3) is 0 Å². The predicted molar refractivity (Wildman–Crippen MR) is 84.0 cm³/mol. The van der Waals surface area contributed by atoms with Crippen LogP contribution >= 0.6 is 0 Å². The summed E-state index contributed by atoms with van der Waals surface area (Å²) in [5.74, 6) is 1.26. The fraction of sp³-hybridized carbons (Fsp3) is 0.333. The van der Waals surface area contributed by atoms with Gasteiger partial charge in [-0.15, -0.1) is 0 Å². The van der Waals surface area contributed by atoms with Crippen LogP contribution in [0.5, 0.6) is 11.5 Å². The van der Waals surface area contributed by atoms with E-state index >= 15 is 0 Å². The Balaban J connectivity index is 2.44. The van der Waals surface area contributed by atoms with Gasteiger partial charge in [0.05, 0.1) is 19.8 Å². The maximum atomic E-state index is 10.7. The molecule has 0 bridgehead atoms. The first kappa shape index (κ1) is 15.4. The zero-order valence-electron chi connectivity index (χ0n) is 12.8. The number of methoxy groups -OCH3 is 2. The molecule has 0 aliphatic carbocycles. The van der Waals surface area contributed by atoms with E-state index in [2.05, 4.69) is 13.0 Å². The van der Waals surface area contributed by atoms with Crippen LogP contribution in [0.25, 0.3) is 0 Å². The second kappa shape index (κ2) is 7.14. The van der Waals surface area contributed by atoms with Crippen LogP contribution in [0.4, 0.5) is 0 Å². The second-order valence-electron chi connectivity index (χ2n) is 4.97. The fourth-order valence-corrected chi connectivity index (χ4v) is 2.52. The van der Waals surface area contributed by atoms with Gasteiger partial charge in [-0.25, -0.2) is 0 Å². The summed E-state index contributed by atoms with van der Waals surface area (Å²) < 4.78 is 10.7. The van der Waals surface area contributed by atoms with Crippen molar-refractivity contribution in [3.63, 3.8) is 0 Å². The summed E-state index contributed by atoms with van der Waals surface area (Å²) in [4.78, 5) is 0. The summed E-state index contributed by atoms with van der Waals surface area (Å²) in [5, 5.41) is 10.7. The topological polar surface area (TPSA) is 38.7 Å². The fourth-order valence-electron chi connectivity index (χ4n) is 2.52. The van der Waals surface area contributed by atoms with Crippen molar-refractivity contribution in [3.8, 4) is 11.5 Å². The molecule has 0 aromatic heterocycles. The summed E-state index contributed by atoms with van der Waals surface area (Å²) >= 11 is 0. The van der Waals surface area contributed by atoms with Crippen LogP contribution in [0.15, 0.2) is 42.5 Å². The summed E-state index contributed by atoms with van der Waals surface area (Å²) in [6.45, 7) is 2.15. The highest BCUT2D eigenvalue weighted by Gasteiger charge is 2.20. The number of rotatable bonds is 6. The molecule has 2 rings (SSSR count). The molecular weight excluding hydrogens is 264 g/mol. The first-order chi connectivity index (χ1) is 10.2. The van der Waals surface area contributed by atoms with Gasteiger partial charge in [-0.3, -0.25) is 0 Å². The number of ether oxygens (including phenoxy) is 2. The maximum absolute atomic E-state index is 10.7. The normalized spacial score (nSPS) is 12.0. The minimum atomic E-state index is -0.770. The van der Waals surface area contributed by atoms with Crippen molar-refractivity contribution in [2.24, 2.45) is 0 Å². The van der Waals surface area contributed by atoms with Crippen molar-refractivity contribution in [1.82, 2.24) is 0 Å². The molecule has 0 amide bonds. The number of benzene rings is 2. The average molecular weight is 286 g/mol. The van der Waals surface area contributed by atoms with Crippen LogP contribution in [0.3, 0.4) is 0 Å². The minimum Gasteiger partial charge on any atom is -0.496 e. The lowest BCUT2D eigenvalue weighted by Gasteiger charge is -2.19. The van der Waals surface area contributed by atoms with E-state index in [0.717, 1.165) is 18.4 Å². The van der Waals surface area contributed by atoms with Gasteiger partial charge in [-0.05, 0) is 29.7 Å². The zero-order chi connectivity index (χ0) is 15.2. The largest absolute Gasteiger partial charge is 0.496 e. The van der Waals surface area contributed by atoms with Gasteiger partial charge in [-0.1, -0.05) is 43.7 Å². The van der Waals surface area contributed by atoms with E-state index < -0.39 is 6.10 Å². The van der Waals surface area contributed by atoms with Gasteiger partial charge in [0.1, 0.15) is 17.6 Å². The molecule has 0 aliphatic heterocycles. The number of aryl methyl sites for hydroxylation is 1. The van der Waals surface area contributed by atoms with Crippen molar-refractivity contribution in [2.45, 2.75) is 25.9 Å². The third kappa shape index (κ3) is 3.37. The lowest BCUT2D eigenvalue weighted by molar-refractivity contribution is 0.208. The van der Waals surface area contributed by atoms with Crippen LogP contribution in [-0.4, -0.2) is 19.3 Å². The molecule has 3 nitrogen and oxygen atoms in total. The molecule has 1 atom stereocenters. The van der Waals surface area contributed by atoms with Crippen molar-refractivity contribution >= 4 is 0 Å². The Kier molecular flexibility index (Phi) is 5.23. The van der Waals surface area contributed by atoms with Gasteiger partial charge in [0.2, 0.25) is 0 Å². The second-order valence-corrected chi connectivity index (χ2v) is 4.97. The molecule has 0 fully saturated rings. The molecule has 3 heteroatoms. The first-order valence-electron chi connectivity index (χ1n) is 7.19. The SMILES string of the molecule is CCCc1cccc(C(O)c2c(OC)cccc2OC)c1. The number of hydrogen-bond donors (Lipinski definition) is 1. The molecule has 0 radical (unpaired) electrons. The zero-order valence-corrected chi connectivity index (χ0v) is 12.8. The Morgan fingerprint density at radius 1 is 1.00 bits per heavy atom. The Hall–Kier alpha value is -2.00. The molecule has 1 N–H and O–H groups in total. The van der Waals surface area contributed by atoms with Crippen LogP contribution in [0.1, 0.15) is 36.1 Å². The molecule has 0 saturated heterocycles. The van der Waals surface area contributed by atoms with E-state index in [-0.39, 0.29) is 0 Å². The van der Waals surface area contributed by atoms with Gasteiger partial charge in [0, 0.05) is 0 Å². The first-order valence-corrected chi connectivity index (χ1v) is 7.19. The van der Waals surface area contributed by atoms with E-state index in [1.54, 1.807) is 14.2 Å². The molecule has 0 saturated carbocycles. The highest BCUT2D eigenvalue weighted by Crippen LogP contribution is 2.37. The lowest BCUT2D eigenvalue weighted by Crippen LogP contribution is -2.05. The van der Waals surface area contributed by atoms with Crippen LogP contribution in [0.2, 0.25) is 0 Å². The van der Waals surface area contributed by atoms with Crippen molar-refractivity contribution < 1.29 is 14.6 Å². The standard InChI is InChI=1S/C18H22O3/c1-4-7-13-8-5-9-14(12-13)18(19)17-15(20-2)10-6-11-16(17)21-3/h5-6,8-12,18-19H,4,7H2,1-3H3. The molecule has 21 heavy (non-hydrogen) atoms. The Morgan fingerprint density at radius 3 is 2.19 bits per heavy atom. The predicted octanol–water partition coefficient (Wildman–Crippen LogP) is 3.74. The highest BCUT2D eigenvalue weighted by atomic mass is 16.5. The third-order valence-electron chi connectivity index (χ3n) is 3.54. The minimum absolute atomic E-state index is 0.628. The van der Waals surface area contributed by atoms with Crippen LogP contribution in [0, 0.1) is 0 Å². The highest BCUT2D eigenvalue weighted by molar-refractivity contribution is 5.49. The van der Waals surface area contributed by atoms with E-state index in [0.29, 0.717) is 17.1 Å². The average Bonchev–Trinajstić information content (AvgIpc) is 2.54. The number of hydrogen-bond acceptors (Lipinski definition) is 3. The number of aliphatic hydroxyl groups excluding tert-OH is 1. The van der Waals surface area contributed by atoms with E-state index in [1.807, 2.05) is 36.4 Å². The van der Waals surface area contributed by atoms with Crippen LogP contribution < -0.4 is 9.47 Å².